The average Bonchev–Trinajstić information content (AvgIpc) is 2.67. The molecule has 2 aliphatic rings. The highest BCUT2D eigenvalue weighted by Gasteiger charge is 2.31. The number of sulfonamides is 1. The number of fused-ring (bicyclic) bond motifs is 1. The molecule has 1 aromatic rings. The first kappa shape index (κ1) is 19.4. The molecule has 1 amide bonds. The molecule has 5 nitrogen and oxygen atoms in total. The van der Waals surface area contributed by atoms with Gasteiger partial charge in [0.1, 0.15) is 0 Å². The van der Waals surface area contributed by atoms with E-state index in [1.807, 2.05) is 6.92 Å². The zero-order valence-electron chi connectivity index (χ0n) is 15.8. The van der Waals surface area contributed by atoms with Crippen LogP contribution >= 0.6 is 0 Å². The Balaban J connectivity index is 1.64. The predicted octanol–water partition coefficient (Wildman–Crippen LogP) is 2.80. The van der Waals surface area contributed by atoms with Crippen molar-refractivity contribution in [2.45, 2.75) is 58.4 Å². The van der Waals surface area contributed by atoms with E-state index in [1.165, 1.54) is 28.3 Å². The number of amides is 1. The summed E-state index contributed by atoms with van der Waals surface area (Å²) in [5, 5.41) is 3.10. The van der Waals surface area contributed by atoms with E-state index in [0.29, 0.717) is 13.1 Å². The van der Waals surface area contributed by atoms with Gasteiger partial charge in [0.2, 0.25) is 15.9 Å². The molecule has 1 aliphatic carbocycles. The molecule has 1 fully saturated rings. The molecule has 0 saturated carbocycles. The van der Waals surface area contributed by atoms with Crippen molar-refractivity contribution < 1.29 is 13.2 Å². The summed E-state index contributed by atoms with van der Waals surface area (Å²) in [6.07, 6.45) is 6.26. The van der Waals surface area contributed by atoms with Gasteiger partial charge in [0.15, 0.2) is 0 Å². The second-order valence-electron chi connectivity index (χ2n) is 7.56. The van der Waals surface area contributed by atoms with E-state index in [1.54, 1.807) is 6.92 Å². The molecule has 0 aromatic heterocycles. The van der Waals surface area contributed by atoms with Crippen molar-refractivity contribution in [3.05, 3.63) is 34.9 Å². The van der Waals surface area contributed by atoms with Gasteiger partial charge >= 0.3 is 0 Å². The molecule has 1 saturated heterocycles. The maximum atomic E-state index is 12.7. The third-order valence-corrected chi connectivity index (χ3v) is 7.59. The molecule has 2 atom stereocenters. The van der Waals surface area contributed by atoms with Crippen molar-refractivity contribution >= 4 is 15.9 Å². The van der Waals surface area contributed by atoms with Crippen LogP contribution in [0.4, 0.5) is 0 Å². The summed E-state index contributed by atoms with van der Waals surface area (Å²) < 4.78 is 25.7. The molecular weight excluding hydrogens is 348 g/mol. The number of carbonyl (C=O) groups is 1. The zero-order valence-corrected chi connectivity index (χ0v) is 16.6. The first-order valence-electron chi connectivity index (χ1n) is 9.80. The maximum absolute atomic E-state index is 12.7. The number of aryl methyl sites for hydroxylation is 2. The van der Waals surface area contributed by atoms with Crippen LogP contribution in [0.3, 0.4) is 0 Å². The molecular formula is C20H30N2O3S. The fourth-order valence-electron chi connectivity index (χ4n) is 4.03. The van der Waals surface area contributed by atoms with Crippen molar-refractivity contribution in [3.63, 3.8) is 0 Å². The molecule has 0 bridgehead atoms. The summed E-state index contributed by atoms with van der Waals surface area (Å²) in [6.45, 7) is 4.49. The SMILES string of the molecule is CCS(=O)(=O)N1CCC[C@H](C(=O)N[C@@H](C)c2ccc3c(c2)CCCC3)C1. The number of hydrogen-bond donors (Lipinski definition) is 1. The molecule has 1 N–H and O–H groups in total. The van der Waals surface area contributed by atoms with E-state index in [2.05, 4.69) is 23.5 Å². The molecule has 1 heterocycles. The second-order valence-corrected chi connectivity index (χ2v) is 9.82. The average molecular weight is 379 g/mol. The van der Waals surface area contributed by atoms with E-state index >= 15 is 0 Å². The van der Waals surface area contributed by atoms with Crippen LogP contribution in [0.5, 0.6) is 0 Å². The van der Waals surface area contributed by atoms with E-state index in [-0.39, 0.29) is 23.6 Å². The van der Waals surface area contributed by atoms with Crippen LogP contribution in [0.1, 0.15) is 62.3 Å². The number of nitrogens with one attached hydrogen (secondary N) is 1. The van der Waals surface area contributed by atoms with Crippen molar-refractivity contribution in [3.8, 4) is 0 Å². The second kappa shape index (κ2) is 8.09. The van der Waals surface area contributed by atoms with Gasteiger partial charge in [-0.2, -0.15) is 0 Å². The summed E-state index contributed by atoms with van der Waals surface area (Å²) in [5.41, 5.74) is 3.98. The standard InChI is InChI=1S/C20H30N2O3S/c1-3-26(24,25)22-12-6-9-19(14-22)20(23)21-15(2)17-11-10-16-7-4-5-8-18(16)13-17/h10-11,13,15,19H,3-9,12,14H2,1-2H3,(H,21,23)/t15-,19-/m0/s1. The van der Waals surface area contributed by atoms with Gasteiger partial charge in [-0.3, -0.25) is 4.79 Å². The van der Waals surface area contributed by atoms with Crippen LogP contribution in [0.2, 0.25) is 0 Å². The molecule has 1 aromatic carbocycles. The summed E-state index contributed by atoms with van der Waals surface area (Å²) in [6, 6.07) is 6.48. The lowest BCUT2D eigenvalue weighted by atomic mass is 9.89. The lowest BCUT2D eigenvalue weighted by Crippen LogP contribution is -2.46. The Kier molecular flexibility index (Phi) is 6.03. The molecule has 26 heavy (non-hydrogen) atoms. The van der Waals surface area contributed by atoms with E-state index < -0.39 is 10.0 Å². The van der Waals surface area contributed by atoms with Crippen molar-refractivity contribution in [2.75, 3.05) is 18.8 Å². The van der Waals surface area contributed by atoms with E-state index in [4.69, 9.17) is 0 Å². The number of hydrogen-bond acceptors (Lipinski definition) is 3. The van der Waals surface area contributed by atoms with Gasteiger partial charge in [-0.15, -0.1) is 0 Å². The van der Waals surface area contributed by atoms with Gasteiger partial charge < -0.3 is 5.32 Å². The van der Waals surface area contributed by atoms with Crippen LogP contribution in [0.25, 0.3) is 0 Å². The minimum absolute atomic E-state index is 0.0359. The Morgan fingerprint density at radius 3 is 2.69 bits per heavy atom. The first-order chi connectivity index (χ1) is 12.4. The Bertz CT molecular complexity index is 760. The van der Waals surface area contributed by atoms with E-state index in [0.717, 1.165) is 31.2 Å². The Labute approximate surface area is 157 Å². The summed E-state index contributed by atoms with van der Waals surface area (Å²) in [4.78, 5) is 12.7. The molecule has 0 radical (unpaired) electrons. The highest BCUT2D eigenvalue weighted by Crippen LogP contribution is 2.26. The largest absolute Gasteiger partial charge is 0.349 e. The van der Waals surface area contributed by atoms with Crippen LogP contribution in [-0.2, 0) is 27.7 Å². The van der Waals surface area contributed by atoms with E-state index in [9.17, 15) is 13.2 Å². The normalized spacial score (nSPS) is 22.5. The van der Waals surface area contributed by atoms with Gasteiger partial charge in [0.05, 0.1) is 17.7 Å². The van der Waals surface area contributed by atoms with Crippen LogP contribution in [0.15, 0.2) is 18.2 Å². The topological polar surface area (TPSA) is 66.5 Å². The van der Waals surface area contributed by atoms with Gasteiger partial charge in [-0.05, 0) is 69.1 Å². The third kappa shape index (κ3) is 4.29. The van der Waals surface area contributed by atoms with Gasteiger partial charge in [-0.25, -0.2) is 12.7 Å². The number of benzene rings is 1. The van der Waals surface area contributed by atoms with Gasteiger partial charge in [0, 0.05) is 13.1 Å². The van der Waals surface area contributed by atoms with Crippen LogP contribution in [-0.4, -0.2) is 37.5 Å². The predicted molar refractivity (Wildman–Crippen MR) is 103 cm³/mol. The monoisotopic (exact) mass is 378 g/mol. The number of carbonyl (C=O) groups excluding carboxylic acids is 1. The quantitative estimate of drug-likeness (QED) is 0.857. The third-order valence-electron chi connectivity index (χ3n) is 5.74. The molecule has 144 valence electrons. The minimum atomic E-state index is -3.23. The Hall–Kier alpha value is -1.40. The molecule has 3 rings (SSSR count). The molecule has 1 aliphatic heterocycles. The number of piperidine rings is 1. The Morgan fingerprint density at radius 2 is 1.96 bits per heavy atom. The highest BCUT2D eigenvalue weighted by atomic mass is 32.2. The Morgan fingerprint density at radius 1 is 1.23 bits per heavy atom. The van der Waals surface area contributed by atoms with Crippen LogP contribution < -0.4 is 5.32 Å². The van der Waals surface area contributed by atoms with Crippen LogP contribution in [0, 0.1) is 5.92 Å². The molecule has 0 unspecified atom stereocenters. The van der Waals surface area contributed by atoms with Gasteiger partial charge in [-0.1, -0.05) is 18.2 Å². The number of rotatable bonds is 5. The fraction of sp³-hybridized carbons (Fsp3) is 0.650. The van der Waals surface area contributed by atoms with Crippen molar-refractivity contribution in [1.29, 1.82) is 0 Å². The maximum Gasteiger partial charge on any atom is 0.224 e. The minimum Gasteiger partial charge on any atom is -0.349 e. The molecule has 6 heteroatoms. The zero-order chi connectivity index (χ0) is 18.7. The smallest absolute Gasteiger partial charge is 0.224 e. The van der Waals surface area contributed by atoms with Gasteiger partial charge in [0.25, 0.3) is 0 Å². The number of nitrogens with zero attached hydrogens (tertiary/aromatic N) is 1. The summed E-state index contributed by atoms with van der Waals surface area (Å²) in [7, 11) is -3.23. The highest BCUT2D eigenvalue weighted by molar-refractivity contribution is 7.89. The lowest BCUT2D eigenvalue weighted by Gasteiger charge is -2.31. The first-order valence-corrected chi connectivity index (χ1v) is 11.4. The summed E-state index contributed by atoms with van der Waals surface area (Å²) >= 11 is 0. The fourth-order valence-corrected chi connectivity index (χ4v) is 5.21. The molecule has 0 spiro atoms. The summed E-state index contributed by atoms with van der Waals surface area (Å²) in [5.74, 6) is -0.205. The van der Waals surface area contributed by atoms with Crippen molar-refractivity contribution in [2.24, 2.45) is 5.92 Å². The van der Waals surface area contributed by atoms with Crippen molar-refractivity contribution in [1.82, 2.24) is 9.62 Å². The lowest BCUT2D eigenvalue weighted by molar-refractivity contribution is -0.126.